The van der Waals surface area contributed by atoms with Crippen LogP contribution in [0.15, 0.2) is 27.8 Å². The number of halogens is 1. The number of benzene rings is 1. The van der Waals surface area contributed by atoms with Gasteiger partial charge in [-0.25, -0.2) is 0 Å². The number of hydrogen-bond donors (Lipinski definition) is 0. The predicted octanol–water partition coefficient (Wildman–Crippen LogP) is 5.34. The molecule has 1 heterocycles. The molecule has 26 heavy (non-hydrogen) atoms. The van der Waals surface area contributed by atoms with Gasteiger partial charge in [-0.1, -0.05) is 43.3 Å². The Balaban J connectivity index is 1.49. The van der Waals surface area contributed by atoms with Gasteiger partial charge in [0.05, 0.1) is 17.2 Å². The molecule has 0 aliphatic heterocycles. The van der Waals surface area contributed by atoms with Gasteiger partial charge in [-0.05, 0) is 48.8 Å². The highest BCUT2D eigenvalue weighted by Gasteiger charge is 2.25. The fourth-order valence-corrected chi connectivity index (χ4v) is 3.36. The van der Waals surface area contributed by atoms with Crippen LogP contribution in [0.2, 0.25) is 5.02 Å². The van der Waals surface area contributed by atoms with Gasteiger partial charge in [0.1, 0.15) is 0 Å². The molecule has 1 aliphatic carbocycles. The van der Waals surface area contributed by atoms with Gasteiger partial charge in [-0.3, -0.25) is 4.79 Å². The fraction of sp³-hybridized carbons (Fsp3) is 0.526. The molecular weight excluding hydrogens is 372 g/mol. The zero-order valence-corrected chi connectivity index (χ0v) is 16.6. The van der Waals surface area contributed by atoms with E-state index in [1.807, 2.05) is 26.0 Å². The Bertz CT molecular complexity index is 759. The van der Waals surface area contributed by atoms with Crippen molar-refractivity contribution in [1.29, 1.82) is 0 Å². The number of thioether (sulfide) groups is 1. The summed E-state index contributed by atoms with van der Waals surface area (Å²) in [6.45, 7) is 4.51. The first-order chi connectivity index (χ1) is 12.5. The Hall–Kier alpha value is -1.53. The minimum absolute atomic E-state index is 0.158. The highest BCUT2D eigenvalue weighted by atomic mass is 35.5. The summed E-state index contributed by atoms with van der Waals surface area (Å²) in [5.74, 6) is 1.99. The van der Waals surface area contributed by atoms with Crippen LogP contribution >= 0.6 is 23.4 Å². The highest BCUT2D eigenvalue weighted by molar-refractivity contribution is 7.99. The zero-order valence-electron chi connectivity index (χ0n) is 15.0. The second kappa shape index (κ2) is 8.91. The lowest BCUT2D eigenvalue weighted by molar-refractivity contribution is -0.144. The second-order valence-electron chi connectivity index (χ2n) is 6.92. The Morgan fingerprint density at radius 3 is 2.92 bits per heavy atom. The molecule has 140 valence electrons. The van der Waals surface area contributed by atoms with Crippen molar-refractivity contribution < 1.29 is 13.9 Å². The van der Waals surface area contributed by atoms with Crippen LogP contribution in [0.25, 0.3) is 11.5 Å². The molecule has 1 fully saturated rings. The number of hydrogen-bond acceptors (Lipinski definition) is 6. The molecule has 3 rings (SSSR count). The van der Waals surface area contributed by atoms with Crippen molar-refractivity contribution in [3.63, 3.8) is 0 Å². The first-order valence-electron chi connectivity index (χ1n) is 8.94. The van der Waals surface area contributed by atoms with Gasteiger partial charge < -0.3 is 9.15 Å². The summed E-state index contributed by atoms with van der Waals surface area (Å²) >= 11 is 7.73. The first-order valence-corrected chi connectivity index (χ1v) is 10.3. The molecule has 0 spiro atoms. The lowest BCUT2D eigenvalue weighted by Gasteiger charge is -2.06. The molecule has 0 unspecified atom stereocenters. The van der Waals surface area contributed by atoms with E-state index < -0.39 is 0 Å². The van der Waals surface area contributed by atoms with Crippen LogP contribution in [-0.2, 0) is 9.53 Å². The van der Waals surface area contributed by atoms with Crippen LogP contribution in [0.1, 0.15) is 51.0 Å². The molecule has 0 radical (unpaired) electrons. The van der Waals surface area contributed by atoms with Crippen molar-refractivity contribution in [1.82, 2.24) is 10.2 Å². The average molecular weight is 395 g/mol. The van der Waals surface area contributed by atoms with E-state index in [9.17, 15) is 4.79 Å². The molecule has 7 heteroatoms. The van der Waals surface area contributed by atoms with Crippen molar-refractivity contribution in [2.45, 2.75) is 50.7 Å². The number of carbonyl (C=O) groups is 1. The molecule has 0 N–H and O–H groups in total. The largest absolute Gasteiger partial charge is 0.465 e. The van der Waals surface area contributed by atoms with Crippen LogP contribution in [0.3, 0.4) is 0 Å². The van der Waals surface area contributed by atoms with Crippen LogP contribution in [0.4, 0.5) is 0 Å². The standard InChI is InChI=1S/C19H23ClN2O3S/c1-12(2)11-24-17(23)4-3-9-26-19-22-21-18(25-19)15-10-14(13-5-6-13)7-8-16(15)20/h7-8,10,12-13H,3-6,9,11H2,1-2H3. The summed E-state index contributed by atoms with van der Waals surface area (Å²) in [4.78, 5) is 11.6. The summed E-state index contributed by atoms with van der Waals surface area (Å²) in [5, 5.41) is 9.29. The summed E-state index contributed by atoms with van der Waals surface area (Å²) in [7, 11) is 0. The maximum absolute atomic E-state index is 11.6. The number of ether oxygens (including phenoxy) is 1. The maximum Gasteiger partial charge on any atom is 0.305 e. The van der Waals surface area contributed by atoms with E-state index in [1.54, 1.807) is 0 Å². The number of nitrogens with zero attached hydrogens (tertiary/aromatic N) is 2. The summed E-state index contributed by atoms with van der Waals surface area (Å²) in [6, 6.07) is 6.00. The second-order valence-corrected chi connectivity index (χ2v) is 8.37. The van der Waals surface area contributed by atoms with Crippen molar-refractivity contribution >= 4 is 29.3 Å². The number of carbonyl (C=O) groups excluding carboxylic acids is 1. The van der Waals surface area contributed by atoms with E-state index in [1.165, 1.54) is 30.2 Å². The molecule has 0 saturated heterocycles. The first kappa shape index (κ1) is 19.2. The number of esters is 1. The normalized spacial score (nSPS) is 14.0. The van der Waals surface area contributed by atoms with Crippen molar-refractivity contribution in [2.24, 2.45) is 5.92 Å². The smallest absolute Gasteiger partial charge is 0.305 e. The number of aromatic nitrogens is 2. The Labute approximate surface area is 162 Å². The Morgan fingerprint density at radius 2 is 2.19 bits per heavy atom. The zero-order chi connectivity index (χ0) is 18.5. The Morgan fingerprint density at radius 1 is 1.38 bits per heavy atom. The van der Waals surface area contributed by atoms with Crippen molar-refractivity contribution in [3.8, 4) is 11.5 Å². The molecular formula is C19H23ClN2O3S. The lowest BCUT2D eigenvalue weighted by atomic mass is 10.1. The monoisotopic (exact) mass is 394 g/mol. The van der Waals surface area contributed by atoms with E-state index in [0.717, 1.165) is 5.56 Å². The topological polar surface area (TPSA) is 65.2 Å². The molecule has 1 aromatic heterocycles. The minimum atomic E-state index is -0.158. The van der Waals surface area contributed by atoms with Gasteiger partial charge >= 0.3 is 5.97 Å². The van der Waals surface area contributed by atoms with E-state index >= 15 is 0 Å². The summed E-state index contributed by atoms with van der Waals surface area (Å²) in [5.41, 5.74) is 2.06. The SMILES string of the molecule is CC(C)COC(=O)CCCSc1nnc(-c2cc(C3CC3)ccc2Cl)o1. The predicted molar refractivity (Wildman–Crippen MR) is 102 cm³/mol. The number of rotatable bonds is 9. The molecule has 0 bridgehead atoms. The lowest BCUT2D eigenvalue weighted by Crippen LogP contribution is -2.09. The average Bonchev–Trinajstić information content (AvgIpc) is 3.36. The Kier molecular flexibility index (Phi) is 6.59. The quantitative estimate of drug-likeness (QED) is 0.325. The van der Waals surface area contributed by atoms with Crippen molar-refractivity contribution in [2.75, 3.05) is 12.4 Å². The highest BCUT2D eigenvalue weighted by Crippen LogP contribution is 2.42. The molecule has 1 saturated carbocycles. The van der Waals surface area contributed by atoms with Gasteiger partial charge in [-0.15, -0.1) is 10.2 Å². The minimum Gasteiger partial charge on any atom is -0.465 e. The van der Waals surface area contributed by atoms with E-state index in [2.05, 4.69) is 16.3 Å². The molecule has 1 aromatic carbocycles. The summed E-state index contributed by atoms with van der Waals surface area (Å²) < 4.78 is 10.9. The van der Waals surface area contributed by atoms with E-state index in [4.69, 9.17) is 20.8 Å². The van der Waals surface area contributed by atoms with Crippen LogP contribution in [-0.4, -0.2) is 28.5 Å². The van der Waals surface area contributed by atoms with Gasteiger partial charge in [0.25, 0.3) is 5.22 Å². The molecule has 5 nitrogen and oxygen atoms in total. The third-order valence-corrected chi connectivity index (χ3v) is 5.24. The fourth-order valence-electron chi connectivity index (χ4n) is 2.46. The third-order valence-electron chi connectivity index (χ3n) is 4.00. The van der Waals surface area contributed by atoms with Crippen LogP contribution in [0, 0.1) is 5.92 Å². The van der Waals surface area contributed by atoms with Gasteiger partial charge in [0.2, 0.25) is 5.89 Å². The van der Waals surface area contributed by atoms with Gasteiger partial charge in [0.15, 0.2) is 0 Å². The molecule has 2 aromatic rings. The molecule has 0 amide bonds. The van der Waals surface area contributed by atoms with E-state index in [-0.39, 0.29) is 5.97 Å². The molecule has 0 atom stereocenters. The van der Waals surface area contributed by atoms with Crippen LogP contribution in [0.5, 0.6) is 0 Å². The van der Waals surface area contributed by atoms with Crippen LogP contribution < -0.4 is 0 Å². The van der Waals surface area contributed by atoms with Gasteiger partial charge in [-0.2, -0.15) is 0 Å². The van der Waals surface area contributed by atoms with Gasteiger partial charge in [0, 0.05) is 12.2 Å². The molecule has 1 aliphatic rings. The third kappa shape index (κ3) is 5.48. The van der Waals surface area contributed by atoms with Crippen molar-refractivity contribution in [3.05, 3.63) is 28.8 Å². The maximum atomic E-state index is 11.6. The van der Waals surface area contributed by atoms with E-state index in [0.29, 0.717) is 53.2 Å². The summed E-state index contributed by atoms with van der Waals surface area (Å²) in [6.07, 6.45) is 3.56.